The topological polar surface area (TPSA) is 34.1 Å². The van der Waals surface area contributed by atoms with Crippen LogP contribution in [-0.2, 0) is 9.05 Å². The van der Waals surface area contributed by atoms with Gasteiger partial charge in [-0.1, -0.05) is 35.9 Å². The Morgan fingerprint density at radius 2 is 1.67 bits per heavy atom. The molecule has 5 heteroatoms. The van der Waals surface area contributed by atoms with Crippen molar-refractivity contribution in [2.45, 2.75) is 11.8 Å². The molecule has 0 saturated heterocycles. The van der Waals surface area contributed by atoms with Crippen molar-refractivity contribution in [1.82, 2.24) is 0 Å². The highest BCUT2D eigenvalue weighted by molar-refractivity contribution is 8.13. The van der Waals surface area contributed by atoms with Gasteiger partial charge in [0.1, 0.15) is 0 Å². The van der Waals surface area contributed by atoms with Gasteiger partial charge in [-0.2, -0.15) is 0 Å². The van der Waals surface area contributed by atoms with Crippen LogP contribution in [0.1, 0.15) is 5.56 Å². The lowest BCUT2D eigenvalue weighted by atomic mass is 10.0. The third-order valence-corrected chi connectivity index (χ3v) is 4.34. The molecular formula is C13H10Cl2O2S. The number of hydrogen-bond acceptors (Lipinski definition) is 2. The molecule has 0 saturated carbocycles. The number of hydrogen-bond donors (Lipinski definition) is 0. The number of halogens is 2. The van der Waals surface area contributed by atoms with E-state index in [1.165, 1.54) is 6.07 Å². The van der Waals surface area contributed by atoms with E-state index in [0.29, 0.717) is 5.02 Å². The fourth-order valence-electron chi connectivity index (χ4n) is 1.72. The molecule has 0 aromatic heterocycles. The van der Waals surface area contributed by atoms with Crippen LogP contribution in [-0.4, -0.2) is 8.42 Å². The second-order valence-corrected chi connectivity index (χ2v) is 6.87. The van der Waals surface area contributed by atoms with E-state index in [1.54, 1.807) is 18.2 Å². The lowest BCUT2D eigenvalue weighted by Crippen LogP contribution is -1.93. The van der Waals surface area contributed by atoms with Gasteiger partial charge in [-0.15, -0.1) is 0 Å². The van der Waals surface area contributed by atoms with E-state index in [4.69, 9.17) is 22.3 Å². The zero-order valence-electron chi connectivity index (χ0n) is 9.52. The first-order valence-corrected chi connectivity index (χ1v) is 7.88. The number of benzene rings is 2. The minimum Gasteiger partial charge on any atom is -0.207 e. The smallest absolute Gasteiger partial charge is 0.207 e. The molecule has 2 aromatic rings. The summed E-state index contributed by atoms with van der Waals surface area (Å²) in [6, 6.07) is 12.0. The second kappa shape index (κ2) is 4.92. The second-order valence-electron chi connectivity index (χ2n) is 3.89. The van der Waals surface area contributed by atoms with Crippen molar-refractivity contribution in [3.8, 4) is 11.1 Å². The highest BCUT2D eigenvalue weighted by Crippen LogP contribution is 2.32. The van der Waals surface area contributed by atoms with Gasteiger partial charge in [-0.3, -0.25) is 0 Å². The predicted molar refractivity (Wildman–Crippen MR) is 74.7 cm³/mol. The zero-order valence-corrected chi connectivity index (χ0v) is 11.9. The van der Waals surface area contributed by atoms with E-state index in [-0.39, 0.29) is 4.90 Å². The van der Waals surface area contributed by atoms with Gasteiger partial charge in [0.15, 0.2) is 0 Å². The number of rotatable bonds is 2. The van der Waals surface area contributed by atoms with Gasteiger partial charge < -0.3 is 0 Å². The molecule has 0 aliphatic carbocycles. The molecule has 0 aliphatic heterocycles. The maximum Gasteiger partial charge on any atom is 0.261 e. The van der Waals surface area contributed by atoms with Crippen molar-refractivity contribution >= 4 is 31.3 Å². The van der Waals surface area contributed by atoms with Crippen molar-refractivity contribution < 1.29 is 8.42 Å². The third kappa shape index (κ3) is 2.69. The summed E-state index contributed by atoms with van der Waals surface area (Å²) in [4.78, 5) is 0.0738. The molecule has 0 bridgehead atoms. The van der Waals surface area contributed by atoms with Crippen LogP contribution in [0, 0.1) is 6.92 Å². The normalized spacial score (nSPS) is 11.5. The number of aryl methyl sites for hydroxylation is 1. The minimum absolute atomic E-state index is 0.0738. The van der Waals surface area contributed by atoms with Crippen LogP contribution in [0.25, 0.3) is 11.1 Å². The average Bonchev–Trinajstić information content (AvgIpc) is 2.29. The Morgan fingerprint density at radius 1 is 1.00 bits per heavy atom. The predicted octanol–water partition coefficient (Wildman–Crippen LogP) is 4.24. The Labute approximate surface area is 116 Å². The fraction of sp³-hybridized carbons (Fsp3) is 0.0769. The summed E-state index contributed by atoms with van der Waals surface area (Å²) in [5.41, 5.74) is 2.49. The summed E-state index contributed by atoms with van der Waals surface area (Å²) in [5, 5.41) is 0.574. The van der Waals surface area contributed by atoms with E-state index >= 15 is 0 Å². The Morgan fingerprint density at radius 3 is 2.28 bits per heavy atom. The van der Waals surface area contributed by atoms with Crippen LogP contribution >= 0.6 is 22.3 Å². The van der Waals surface area contributed by atoms with Gasteiger partial charge in [0.25, 0.3) is 9.05 Å². The maximum atomic E-state index is 11.3. The molecule has 2 rings (SSSR count). The Kier molecular flexibility index (Phi) is 3.66. The zero-order chi connectivity index (χ0) is 13.3. The fourth-order valence-corrected chi connectivity index (χ4v) is 2.74. The first-order chi connectivity index (χ1) is 8.39. The standard InChI is InChI=1S/C13H10Cl2O2S/c1-9-6-7-10(18(15,16)17)8-12(9)11-4-2-3-5-13(11)14/h2-8H,1H3. The van der Waals surface area contributed by atoms with Gasteiger partial charge in [0.2, 0.25) is 0 Å². The van der Waals surface area contributed by atoms with Gasteiger partial charge in [-0.25, -0.2) is 8.42 Å². The van der Waals surface area contributed by atoms with Gasteiger partial charge >= 0.3 is 0 Å². The van der Waals surface area contributed by atoms with Crippen LogP contribution in [0.2, 0.25) is 5.02 Å². The summed E-state index contributed by atoms with van der Waals surface area (Å²) < 4.78 is 22.7. The van der Waals surface area contributed by atoms with Gasteiger partial charge in [0.05, 0.1) is 4.90 Å². The molecule has 0 aliphatic rings. The SMILES string of the molecule is Cc1ccc(S(=O)(=O)Cl)cc1-c1ccccc1Cl. The highest BCUT2D eigenvalue weighted by atomic mass is 35.7. The lowest BCUT2D eigenvalue weighted by molar-refractivity contribution is 0.609. The van der Waals surface area contributed by atoms with Crippen molar-refractivity contribution in [1.29, 1.82) is 0 Å². The van der Waals surface area contributed by atoms with Crippen molar-refractivity contribution in [2.24, 2.45) is 0 Å². The molecule has 18 heavy (non-hydrogen) atoms. The molecule has 2 nitrogen and oxygen atoms in total. The van der Waals surface area contributed by atoms with E-state index in [0.717, 1.165) is 16.7 Å². The third-order valence-electron chi connectivity index (χ3n) is 2.65. The molecule has 0 spiro atoms. The Hall–Kier alpha value is -1.03. The van der Waals surface area contributed by atoms with Crippen molar-refractivity contribution in [3.05, 3.63) is 53.1 Å². The van der Waals surface area contributed by atoms with Crippen molar-refractivity contribution in [2.75, 3.05) is 0 Å². The molecule has 0 unspecified atom stereocenters. The van der Waals surface area contributed by atoms with Crippen molar-refractivity contribution in [3.63, 3.8) is 0 Å². The Bertz CT molecular complexity index is 694. The molecule has 0 atom stereocenters. The van der Waals surface area contributed by atoms with Crippen LogP contribution in [0.15, 0.2) is 47.4 Å². The van der Waals surface area contributed by atoms with Gasteiger partial charge in [-0.05, 0) is 36.2 Å². The molecule has 0 heterocycles. The monoisotopic (exact) mass is 300 g/mol. The van der Waals surface area contributed by atoms with E-state index in [1.807, 2.05) is 25.1 Å². The summed E-state index contributed by atoms with van der Waals surface area (Å²) >= 11 is 6.11. The summed E-state index contributed by atoms with van der Waals surface area (Å²) in [6.45, 7) is 1.89. The van der Waals surface area contributed by atoms with Crippen LogP contribution < -0.4 is 0 Å². The summed E-state index contributed by atoms with van der Waals surface area (Å²) in [5.74, 6) is 0. The summed E-state index contributed by atoms with van der Waals surface area (Å²) in [6.07, 6.45) is 0. The molecule has 2 aromatic carbocycles. The summed E-state index contributed by atoms with van der Waals surface area (Å²) in [7, 11) is 1.62. The molecule has 0 N–H and O–H groups in total. The molecule has 0 amide bonds. The first kappa shape index (κ1) is 13.4. The molecule has 0 radical (unpaired) electrons. The van der Waals surface area contributed by atoms with Crippen LogP contribution in [0.5, 0.6) is 0 Å². The molecule has 94 valence electrons. The Balaban J connectivity index is 2.69. The van der Waals surface area contributed by atoms with E-state index < -0.39 is 9.05 Å². The van der Waals surface area contributed by atoms with Crippen LogP contribution in [0.4, 0.5) is 0 Å². The largest absolute Gasteiger partial charge is 0.261 e. The minimum atomic E-state index is -3.73. The lowest BCUT2D eigenvalue weighted by Gasteiger charge is -2.09. The van der Waals surface area contributed by atoms with E-state index in [9.17, 15) is 8.42 Å². The first-order valence-electron chi connectivity index (χ1n) is 5.20. The molecule has 0 fully saturated rings. The average molecular weight is 301 g/mol. The van der Waals surface area contributed by atoms with E-state index in [2.05, 4.69) is 0 Å². The quantitative estimate of drug-likeness (QED) is 0.777. The molecular weight excluding hydrogens is 291 g/mol. The van der Waals surface area contributed by atoms with Gasteiger partial charge in [0, 0.05) is 21.3 Å². The highest BCUT2D eigenvalue weighted by Gasteiger charge is 2.13. The maximum absolute atomic E-state index is 11.3. The van der Waals surface area contributed by atoms with Crippen LogP contribution in [0.3, 0.4) is 0 Å².